The van der Waals surface area contributed by atoms with Gasteiger partial charge in [-0.05, 0) is 32.2 Å². The molecule has 1 aromatic rings. The van der Waals surface area contributed by atoms with Crippen LogP contribution < -0.4 is 5.32 Å². The van der Waals surface area contributed by atoms with Crippen LogP contribution in [0.4, 0.5) is 14.2 Å². The zero-order valence-corrected chi connectivity index (χ0v) is 9.07. The van der Waals surface area contributed by atoms with E-state index in [0.29, 0.717) is 0 Å². The van der Waals surface area contributed by atoms with E-state index in [0.717, 1.165) is 11.3 Å². The molecule has 0 aliphatic carbocycles. The van der Waals surface area contributed by atoms with E-state index in [9.17, 15) is 9.18 Å². The minimum atomic E-state index is -0.640. The van der Waals surface area contributed by atoms with Gasteiger partial charge in [-0.1, -0.05) is 0 Å². The molecule has 1 heterocycles. The van der Waals surface area contributed by atoms with Crippen molar-refractivity contribution in [2.45, 2.75) is 26.4 Å². The summed E-state index contributed by atoms with van der Waals surface area (Å²) < 4.78 is 17.8. The summed E-state index contributed by atoms with van der Waals surface area (Å²) >= 11 is 1.12. The molecule has 0 bridgehead atoms. The Morgan fingerprint density at radius 2 is 2.21 bits per heavy atom. The number of nitrogens with one attached hydrogen (secondary N) is 1. The van der Waals surface area contributed by atoms with Gasteiger partial charge in [0.2, 0.25) is 0 Å². The van der Waals surface area contributed by atoms with Crippen LogP contribution in [-0.4, -0.2) is 11.7 Å². The molecule has 14 heavy (non-hydrogen) atoms. The highest BCUT2D eigenvalue weighted by Crippen LogP contribution is 2.21. The molecular formula is C9H12FNO2S. The van der Waals surface area contributed by atoms with Gasteiger partial charge in [0.15, 0.2) is 5.82 Å². The van der Waals surface area contributed by atoms with Crippen molar-refractivity contribution in [1.82, 2.24) is 0 Å². The molecule has 0 atom stereocenters. The number of hydrogen-bond acceptors (Lipinski definition) is 3. The molecule has 1 amide bonds. The van der Waals surface area contributed by atoms with E-state index >= 15 is 0 Å². The second kappa shape index (κ2) is 3.96. The number of amides is 1. The van der Waals surface area contributed by atoms with Gasteiger partial charge in [0.1, 0.15) is 10.6 Å². The zero-order chi connectivity index (χ0) is 10.8. The lowest BCUT2D eigenvalue weighted by Crippen LogP contribution is -2.27. The van der Waals surface area contributed by atoms with Gasteiger partial charge in [-0.15, -0.1) is 11.3 Å². The molecule has 0 unspecified atom stereocenters. The number of carbonyl (C=O) groups is 1. The molecule has 0 saturated carbocycles. The summed E-state index contributed by atoms with van der Waals surface area (Å²) in [7, 11) is 0. The van der Waals surface area contributed by atoms with Crippen LogP contribution in [0.25, 0.3) is 0 Å². The quantitative estimate of drug-likeness (QED) is 0.784. The molecule has 78 valence electrons. The molecule has 0 spiro atoms. The lowest BCUT2D eigenvalue weighted by Gasteiger charge is -2.19. The molecule has 1 aromatic heterocycles. The van der Waals surface area contributed by atoms with Crippen LogP contribution in [0.3, 0.4) is 0 Å². The third-order valence-electron chi connectivity index (χ3n) is 1.23. The zero-order valence-electron chi connectivity index (χ0n) is 8.26. The molecule has 0 fully saturated rings. The van der Waals surface area contributed by atoms with Crippen LogP contribution in [0, 0.1) is 5.82 Å². The Balaban J connectivity index is 2.54. The van der Waals surface area contributed by atoms with Crippen molar-refractivity contribution in [2.24, 2.45) is 0 Å². The lowest BCUT2D eigenvalue weighted by atomic mass is 10.2. The Morgan fingerprint density at radius 1 is 1.57 bits per heavy atom. The predicted molar refractivity (Wildman–Crippen MR) is 54.1 cm³/mol. The number of anilines is 1. The molecule has 0 aromatic carbocycles. The highest BCUT2D eigenvalue weighted by Gasteiger charge is 2.17. The number of thiophene rings is 1. The fraction of sp³-hybridized carbons (Fsp3) is 0.444. The minimum absolute atomic E-state index is 0.180. The van der Waals surface area contributed by atoms with E-state index in [-0.39, 0.29) is 5.00 Å². The topological polar surface area (TPSA) is 38.3 Å². The van der Waals surface area contributed by atoms with E-state index in [2.05, 4.69) is 5.32 Å². The maximum absolute atomic E-state index is 12.9. The van der Waals surface area contributed by atoms with Crippen molar-refractivity contribution < 1.29 is 13.9 Å². The fourth-order valence-electron chi connectivity index (χ4n) is 0.779. The van der Waals surface area contributed by atoms with Crippen molar-refractivity contribution in [3.8, 4) is 0 Å². The predicted octanol–water partition coefficient (Wildman–Crippen LogP) is 3.23. The molecular weight excluding hydrogens is 205 g/mol. The first-order valence-electron chi connectivity index (χ1n) is 4.11. The van der Waals surface area contributed by atoms with E-state index in [4.69, 9.17) is 4.74 Å². The summed E-state index contributed by atoms with van der Waals surface area (Å²) in [6, 6.07) is 1.29. The van der Waals surface area contributed by atoms with E-state index in [1.807, 2.05) is 0 Å². The second-order valence-electron chi connectivity index (χ2n) is 3.72. The maximum Gasteiger partial charge on any atom is 0.412 e. The lowest BCUT2D eigenvalue weighted by molar-refractivity contribution is 0.0636. The third-order valence-corrected chi connectivity index (χ3v) is 2.04. The van der Waals surface area contributed by atoms with Crippen LogP contribution >= 0.6 is 11.3 Å². The number of halogens is 1. The van der Waals surface area contributed by atoms with Crippen molar-refractivity contribution in [3.05, 3.63) is 17.3 Å². The molecule has 0 aliphatic rings. The Hall–Kier alpha value is -1.10. The van der Waals surface area contributed by atoms with Crippen molar-refractivity contribution >= 4 is 22.4 Å². The van der Waals surface area contributed by atoms with Crippen LogP contribution in [0.5, 0.6) is 0 Å². The molecule has 0 saturated heterocycles. The van der Waals surface area contributed by atoms with Crippen molar-refractivity contribution in [2.75, 3.05) is 5.32 Å². The first-order chi connectivity index (χ1) is 6.38. The van der Waals surface area contributed by atoms with Gasteiger partial charge in [-0.3, -0.25) is 5.32 Å². The number of ether oxygens (including phenoxy) is 1. The van der Waals surface area contributed by atoms with Gasteiger partial charge < -0.3 is 4.74 Å². The van der Waals surface area contributed by atoms with Gasteiger partial charge in [0.25, 0.3) is 0 Å². The molecule has 5 heteroatoms. The number of carbonyl (C=O) groups excluding carboxylic acids is 1. The van der Waals surface area contributed by atoms with Gasteiger partial charge in [-0.2, -0.15) is 0 Å². The smallest absolute Gasteiger partial charge is 0.412 e. The second-order valence-corrected chi connectivity index (χ2v) is 4.64. The van der Waals surface area contributed by atoms with Crippen LogP contribution in [0.15, 0.2) is 11.4 Å². The van der Waals surface area contributed by atoms with Crippen molar-refractivity contribution in [3.63, 3.8) is 0 Å². The standard InChI is InChI=1S/C9H12FNO2S/c1-9(2,3)13-8(12)11-7-6(10)4-5-14-7/h4-5H,1-3H3,(H,11,12). The number of hydrogen-bond donors (Lipinski definition) is 1. The molecule has 0 aliphatic heterocycles. The molecule has 0 radical (unpaired) electrons. The Labute approximate surface area is 85.9 Å². The average molecular weight is 217 g/mol. The average Bonchev–Trinajstić information content (AvgIpc) is 2.32. The van der Waals surface area contributed by atoms with Gasteiger partial charge in [0, 0.05) is 0 Å². The summed E-state index contributed by atoms with van der Waals surface area (Å²) in [5.74, 6) is -0.444. The monoisotopic (exact) mass is 217 g/mol. The highest BCUT2D eigenvalue weighted by atomic mass is 32.1. The van der Waals surface area contributed by atoms with Crippen molar-refractivity contribution in [1.29, 1.82) is 0 Å². The minimum Gasteiger partial charge on any atom is -0.444 e. The summed E-state index contributed by atoms with van der Waals surface area (Å²) in [5.41, 5.74) is -0.572. The number of rotatable bonds is 1. The molecule has 3 nitrogen and oxygen atoms in total. The maximum atomic E-state index is 12.9. The normalized spacial score (nSPS) is 11.1. The summed E-state index contributed by atoms with van der Waals surface area (Å²) in [4.78, 5) is 11.2. The summed E-state index contributed by atoms with van der Waals surface area (Å²) in [5, 5.41) is 4.07. The fourth-order valence-corrected chi connectivity index (χ4v) is 1.43. The molecule has 1 rings (SSSR count). The Bertz CT molecular complexity index is 330. The van der Waals surface area contributed by atoms with Crippen LogP contribution in [0.2, 0.25) is 0 Å². The summed E-state index contributed by atoms with van der Waals surface area (Å²) in [6.45, 7) is 5.24. The molecule has 1 N–H and O–H groups in total. The van der Waals surface area contributed by atoms with Gasteiger partial charge >= 0.3 is 6.09 Å². The third kappa shape index (κ3) is 3.33. The van der Waals surface area contributed by atoms with E-state index < -0.39 is 17.5 Å². The van der Waals surface area contributed by atoms with E-state index in [1.165, 1.54) is 6.07 Å². The largest absolute Gasteiger partial charge is 0.444 e. The van der Waals surface area contributed by atoms with Crippen LogP contribution in [0.1, 0.15) is 20.8 Å². The highest BCUT2D eigenvalue weighted by molar-refractivity contribution is 7.14. The van der Waals surface area contributed by atoms with Crippen LogP contribution in [-0.2, 0) is 4.74 Å². The van der Waals surface area contributed by atoms with E-state index in [1.54, 1.807) is 26.2 Å². The van der Waals surface area contributed by atoms with Gasteiger partial charge in [-0.25, -0.2) is 9.18 Å². The Morgan fingerprint density at radius 3 is 2.64 bits per heavy atom. The first-order valence-corrected chi connectivity index (χ1v) is 4.99. The first kappa shape index (κ1) is 11.0. The SMILES string of the molecule is CC(C)(C)OC(=O)Nc1sccc1F. The summed E-state index contributed by atoms with van der Waals surface area (Å²) in [6.07, 6.45) is -0.640. The van der Waals surface area contributed by atoms with Gasteiger partial charge in [0.05, 0.1) is 0 Å². The Kier molecular flexibility index (Phi) is 3.10.